The first-order chi connectivity index (χ1) is 14.2. The molecule has 0 saturated carbocycles. The van der Waals surface area contributed by atoms with Gasteiger partial charge in [-0.05, 0) is 61.6 Å². The topological polar surface area (TPSA) is 66.5 Å². The Kier molecular flexibility index (Phi) is 7.58. The van der Waals surface area contributed by atoms with Crippen LogP contribution < -0.4 is 4.72 Å². The number of nitrogens with zero attached hydrogens (tertiary/aromatic N) is 1. The minimum Gasteiger partial charge on any atom is -0.339 e. The summed E-state index contributed by atoms with van der Waals surface area (Å²) in [6.07, 6.45) is 4.92. The predicted octanol–water partition coefficient (Wildman–Crippen LogP) is 4.53. The van der Waals surface area contributed by atoms with E-state index < -0.39 is 10.0 Å². The van der Waals surface area contributed by atoms with Gasteiger partial charge in [-0.25, -0.2) is 13.1 Å². The highest BCUT2D eigenvalue weighted by Gasteiger charge is 2.24. The van der Waals surface area contributed by atoms with E-state index >= 15 is 0 Å². The van der Waals surface area contributed by atoms with E-state index in [2.05, 4.69) is 4.72 Å². The second-order valence-electron chi connectivity index (χ2n) is 7.46. The summed E-state index contributed by atoms with van der Waals surface area (Å²) in [5.41, 5.74) is 1.79. The number of piperidine rings is 1. The average molecular weight is 467 g/mol. The predicted molar refractivity (Wildman–Crippen MR) is 121 cm³/mol. The van der Waals surface area contributed by atoms with Crippen LogP contribution in [0.2, 0.25) is 10.0 Å². The Morgan fingerprint density at radius 1 is 1.17 bits per heavy atom. The number of nitrogens with one attached hydrogen (secondary N) is 1. The maximum atomic E-state index is 12.6. The van der Waals surface area contributed by atoms with Crippen LogP contribution in [0.15, 0.2) is 53.4 Å². The van der Waals surface area contributed by atoms with E-state index in [1.54, 1.807) is 53.4 Å². The van der Waals surface area contributed by atoms with E-state index in [-0.39, 0.29) is 16.7 Å². The summed E-state index contributed by atoms with van der Waals surface area (Å²) in [7, 11) is -3.56. The lowest BCUT2D eigenvalue weighted by Crippen LogP contribution is -2.43. The number of sulfonamides is 1. The van der Waals surface area contributed by atoms with E-state index in [9.17, 15) is 13.2 Å². The van der Waals surface area contributed by atoms with Crippen molar-refractivity contribution in [3.8, 4) is 0 Å². The third kappa shape index (κ3) is 6.08. The molecule has 1 atom stereocenters. The van der Waals surface area contributed by atoms with Crippen molar-refractivity contribution in [1.29, 1.82) is 0 Å². The summed E-state index contributed by atoms with van der Waals surface area (Å²) in [6, 6.07) is 11.9. The van der Waals surface area contributed by atoms with Crippen molar-refractivity contribution in [2.75, 3.05) is 19.6 Å². The first-order valence-electron chi connectivity index (χ1n) is 9.73. The number of halogens is 2. The summed E-state index contributed by atoms with van der Waals surface area (Å²) in [5.74, 6) is -0.0338. The summed E-state index contributed by atoms with van der Waals surface area (Å²) >= 11 is 11.9. The van der Waals surface area contributed by atoms with Crippen molar-refractivity contribution in [2.45, 2.75) is 24.7 Å². The molecule has 1 heterocycles. The van der Waals surface area contributed by atoms with Crippen molar-refractivity contribution in [2.24, 2.45) is 5.92 Å². The van der Waals surface area contributed by atoms with Gasteiger partial charge in [-0.15, -0.1) is 0 Å². The monoisotopic (exact) mass is 466 g/mol. The molecule has 0 radical (unpaired) electrons. The Morgan fingerprint density at radius 3 is 2.60 bits per heavy atom. The van der Waals surface area contributed by atoms with Crippen LogP contribution in [0, 0.1) is 12.8 Å². The van der Waals surface area contributed by atoms with Gasteiger partial charge in [0.25, 0.3) is 0 Å². The fourth-order valence-electron chi connectivity index (χ4n) is 3.35. The lowest BCUT2D eigenvalue weighted by Gasteiger charge is -2.32. The van der Waals surface area contributed by atoms with E-state index in [1.807, 2.05) is 6.92 Å². The smallest absolute Gasteiger partial charge is 0.246 e. The van der Waals surface area contributed by atoms with Gasteiger partial charge in [-0.1, -0.05) is 47.0 Å². The lowest BCUT2D eigenvalue weighted by molar-refractivity contribution is -0.127. The fraction of sp³-hybridized carbons (Fsp3) is 0.318. The molecule has 0 spiro atoms. The molecule has 160 valence electrons. The number of amides is 1. The first-order valence-corrected chi connectivity index (χ1v) is 12.0. The molecule has 1 N–H and O–H groups in total. The van der Waals surface area contributed by atoms with Crippen molar-refractivity contribution in [1.82, 2.24) is 9.62 Å². The molecule has 8 heteroatoms. The molecular formula is C22H24Cl2N2O3S. The summed E-state index contributed by atoms with van der Waals surface area (Å²) < 4.78 is 27.7. The molecule has 2 aromatic rings. The standard InChI is InChI=1S/C22H24Cl2N2O3S/c1-16-4-8-19(9-5-16)30(28,29)25-14-18-3-2-12-26(15-18)22(27)11-7-17-6-10-20(23)21(24)13-17/h4-11,13,18,25H,2-3,12,14-15H2,1H3. The highest BCUT2D eigenvalue weighted by Crippen LogP contribution is 2.23. The Bertz CT molecular complexity index is 1040. The minimum absolute atomic E-state index is 0.0706. The Hall–Kier alpha value is -1.86. The van der Waals surface area contributed by atoms with Gasteiger partial charge in [-0.3, -0.25) is 4.79 Å². The van der Waals surface area contributed by atoms with Crippen LogP contribution in [0.1, 0.15) is 24.0 Å². The number of aryl methyl sites for hydroxylation is 1. The number of hydrogen-bond acceptors (Lipinski definition) is 3. The van der Waals surface area contributed by atoms with Gasteiger partial charge in [0.15, 0.2) is 0 Å². The molecule has 1 aliphatic heterocycles. The van der Waals surface area contributed by atoms with Crippen LogP contribution in [0.3, 0.4) is 0 Å². The summed E-state index contributed by atoms with van der Waals surface area (Å²) in [6.45, 7) is 3.39. The molecule has 2 aromatic carbocycles. The molecule has 1 amide bonds. The molecule has 3 rings (SSSR count). The minimum atomic E-state index is -3.56. The zero-order chi connectivity index (χ0) is 21.7. The molecular weight excluding hydrogens is 443 g/mol. The molecule has 1 saturated heterocycles. The van der Waals surface area contributed by atoms with E-state index in [0.717, 1.165) is 24.0 Å². The van der Waals surface area contributed by atoms with Gasteiger partial charge in [0.2, 0.25) is 15.9 Å². The first kappa shape index (κ1) is 22.8. The molecule has 1 fully saturated rings. The number of carbonyl (C=O) groups excluding carboxylic acids is 1. The number of benzene rings is 2. The van der Waals surface area contributed by atoms with Crippen molar-refractivity contribution >= 4 is 45.2 Å². The zero-order valence-corrected chi connectivity index (χ0v) is 19.0. The van der Waals surface area contributed by atoms with E-state index in [0.29, 0.717) is 29.7 Å². The number of carbonyl (C=O) groups is 1. The van der Waals surface area contributed by atoms with Crippen LogP contribution in [0.5, 0.6) is 0 Å². The normalized spacial score (nSPS) is 17.4. The molecule has 0 aromatic heterocycles. The molecule has 1 aliphatic rings. The highest BCUT2D eigenvalue weighted by molar-refractivity contribution is 7.89. The van der Waals surface area contributed by atoms with Crippen LogP contribution in [-0.4, -0.2) is 38.9 Å². The maximum Gasteiger partial charge on any atom is 0.246 e. The zero-order valence-electron chi connectivity index (χ0n) is 16.6. The largest absolute Gasteiger partial charge is 0.339 e. The summed E-state index contributed by atoms with van der Waals surface area (Å²) in [5, 5.41) is 0.900. The van der Waals surface area contributed by atoms with Crippen molar-refractivity contribution < 1.29 is 13.2 Å². The van der Waals surface area contributed by atoms with Gasteiger partial charge >= 0.3 is 0 Å². The SMILES string of the molecule is Cc1ccc(S(=O)(=O)NCC2CCCN(C(=O)C=Cc3ccc(Cl)c(Cl)c3)C2)cc1. The number of hydrogen-bond donors (Lipinski definition) is 1. The lowest BCUT2D eigenvalue weighted by atomic mass is 9.98. The third-order valence-electron chi connectivity index (χ3n) is 5.09. The Balaban J connectivity index is 1.56. The second kappa shape index (κ2) is 9.96. The molecule has 5 nitrogen and oxygen atoms in total. The molecule has 30 heavy (non-hydrogen) atoms. The maximum absolute atomic E-state index is 12.6. The number of rotatable bonds is 6. The Labute approximate surface area is 187 Å². The molecule has 1 unspecified atom stereocenters. The Morgan fingerprint density at radius 2 is 1.90 bits per heavy atom. The third-order valence-corrected chi connectivity index (χ3v) is 7.26. The van der Waals surface area contributed by atoms with Crippen LogP contribution in [0.4, 0.5) is 0 Å². The summed E-state index contributed by atoms with van der Waals surface area (Å²) in [4.78, 5) is 14.6. The van der Waals surface area contributed by atoms with E-state index in [4.69, 9.17) is 23.2 Å². The quantitative estimate of drug-likeness (QED) is 0.635. The van der Waals surface area contributed by atoms with Gasteiger partial charge < -0.3 is 4.90 Å². The van der Waals surface area contributed by atoms with Crippen LogP contribution in [-0.2, 0) is 14.8 Å². The van der Waals surface area contributed by atoms with Gasteiger partial charge in [0, 0.05) is 25.7 Å². The van der Waals surface area contributed by atoms with E-state index in [1.165, 1.54) is 6.08 Å². The van der Waals surface area contributed by atoms with Crippen molar-refractivity contribution in [3.05, 3.63) is 69.7 Å². The second-order valence-corrected chi connectivity index (χ2v) is 10.0. The van der Waals surface area contributed by atoms with Crippen LogP contribution >= 0.6 is 23.2 Å². The van der Waals surface area contributed by atoms with Gasteiger partial charge in [0.05, 0.1) is 14.9 Å². The average Bonchev–Trinajstić information content (AvgIpc) is 2.73. The van der Waals surface area contributed by atoms with Crippen molar-refractivity contribution in [3.63, 3.8) is 0 Å². The molecule has 0 bridgehead atoms. The van der Waals surface area contributed by atoms with Gasteiger partial charge in [0.1, 0.15) is 0 Å². The highest BCUT2D eigenvalue weighted by atomic mass is 35.5. The molecule has 0 aliphatic carbocycles. The van der Waals surface area contributed by atoms with Crippen LogP contribution in [0.25, 0.3) is 6.08 Å². The van der Waals surface area contributed by atoms with Gasteiger partial charge in [-0.2, -0.15) is 0 Å². The number of likely N-dealkylation sites (tertiary alicyclic amines) is 1. The fourth-order valence-corrected chi connectivity index (χ4v) is 4.77.